The third-order valence-electron chi connectivity index (χ3n) is 3.51. The van der Waals surface area contributed by atoms with E-state index in [0.717, 1.165) is 0 Å². The van der Waals surface area contributed by atoms with Gasteiger partial charge in [0.2, 0.25) is 5.44 Å². The van der Waals surface area contributed by atoms with Gasteiger partial charge in [0.25, 0.3) is 0 Å². The lowest BCUT2D eigenvalue weighted by Gasteiger charge is -2.16. The minimum Gasteiger partial charge on any atom is -1.00 e. The van der Waals surface area contributed by atoms with Gasteiger partial charge in [0.05, 0.1) is 7.92 Å². The number of nitrogens with zero attached hydrogens (tertiary/aromatic N) is 1. The molecule has 0 spiro atoms. The normalized spacial score (nSPS) is 9.77. The zero-order valence-electron chi connectivity index (χ0n) is 14.5. The molecule has 26 heavy (non-hydrogen) atoms. The number of aromatic nitrogens is 1. The maximum atomic E-state index is 9.67. The maximum absolute atomic E-state index is 9.67. The van der Waals surface area contributed by atoms with Crippen LogP contribution < -0.4 is 25.3 Å². The molecule has 0 radical (unpaired) electrons. The van der Waals surface area contributed by atoms with E-state index < -0.39 is 15.5 Å². The third kappa shape index (κ3) is 6.27. The van der Waals surface area contributed by atoms with Gasteiger partial charge in [-0.3, -0.25) is 12.9 Å². The summed E-state index contributed by atoms with van der Waals surface area (Å²) in [6.45, 7) is 2.14. The molecule has 7 heteroatoms. The van der Waals surface area contributed by atoms with E-state index in [1.807, 2.05) is 0 Å². The second-order valence-corrected chi connectivity index (χ2v) is 7.59. The number of halogens is 4. The molecule has 1 aromatic heterocycles. The van der Waals surface area contributed by atoms with Crippen molar-refractivity contribution in [2.24, 2.45) is 7.05 Å². The molecule has 0 saturated heterocycles. The number of rotatable bonds is 3. The summed E-state index contributed by atoms with van der Waals surface area (Å²) in [5, 5.41) is 2.77. The van der Waals surface area contributed by atoms with Crippen LogP contribution in [0.5, 0.6) is 0 Å². The van der Waals surface area contributed by atoms with Crippen molar-refractivity contribution in [3.8, 4) is 0 Å². The summed E-state index contributed by atoms with van der Waals surface area (Å²) in [5.74, 6) is 0. The summed E-state index contributed by atoms with van der Waals surface area (Å²) in [6.07, 6.45) is 2.20. The number of hydrogen-bond acceptors (Lipinski definition) is 0. The quantitative estimate of drug-likeness (QED) is 0.270. The Morgan fingerprint density at radius 1 is 0.769 bits per heavy atom. The van der Waals surface area contributed by atoms with Gasteiger partial charge in [-0.15, -0.1) is 0 Å². The Kier molecular flexibility index (Phi) is 9.01. The van der Waals surface area contributed by atoms with E-state index in [1.54, 1.807) is 0 Å². The van der Waals surface area contributed by atoms with Crippen LogP contribution in [0.3, 0.4) is 0 Å². The lowest BCUT2D eigenvalue weighted by molar-refractivity contribution is -0.653. The van der Waals surface area contributed by atoms with Crippen LogP contribution >= 0.6 is 7.92 Å². The Labute approximate surface area is 152 Å². The van der Waals surface area contributed by atoms with Crippen LogP contribution in [0.4, 0.5) is 12.9 Å². The highest BCUT2D eigenvalue weighted by Crippen LogP contribution is 2.30. The maximum Gasteiger partial charge on any atom is 0.762 e. The fourth-order valence-electron chi connectivity index (χ4n) is 2.54. The van der Waals surface area contributed by atoms with Gasteiger partial charge in [-0.05, 0) is 23.6 Å². The minimum absolute atomic E-state index is 0. The Morgan fingerprint density at radius 3 is 1.58 bits per heavy atom. The molecule has 0 atom stereocenters. The van der Waals surface area contributed by atoms with E-state index in [0.29, 0.717) is 0 Å². The zero-order chi connectivity index (χ0) is 18.2. The standard InChI is InChI=1S/C19H19NP.BF3.FH/c1-16-13-14-19(20(2)15-16)21(17-9-5-3-6-10-17)18-11-7-4-8-12-18;2-1(3)4;/h3-15H,1-2H3;;1H/q+1;;/p-1. The molecule has 0 aliphatic heterocycles. The van der Waals surface area contributed by atoms with Gasteiger partial charge in [-0.2, -0.15) is 0 Å². The van der Waals surface area contributed by atoms with Gasteiger partial charge in [0.1, 0.15) is 7.05 Å². The Hall–Kier alpha value is -2.20. The largest absolute Gasteiger partial charge is 1.00 e. The van der Waals surface area contributed by atoms with Gasteiger partial charge in [0, 0.05) is 11.6 Å². The topological polar surface area (TPSA) is 3.88 Å². The molecule has 2 aromatic carbocycles. The van der Waals surface area contributed by atoms with Gasteiger partial charge in [-0.1, -0.05) is 60.7 Å². The number of benzene rings is 2. The van der Waals surface area contributed by atoms with Gasteiger partial charge < -0.3 is 4.70 Å². The van der Waals surface area contributed by atoms with E-state index in [1.165, 1.54) is 21.6 Å². The van der Waals surface area contributed by atoms with Crippen LogP contribution in [0.25, 0.3) is 0 Å². The van der Waals surface area contributed by atoms with Crippen molar-refractivity contribution in [2.45, 2.75) is 6.92 Å². The highest BCUT2D eigenvalue weighted by Gasteiger charge is 2.23. The SMILES string of the molecule is Cc1ccc(P(c2ccccc2)c2ccccc2)[n+](C)c1.FB(F)F.[F-]. The number of pyridine rings is 1. The summed E-state index contributed by atoms with van der Waals surface area (Å²) in [7, 11) is -2.04. The van der Waals surface area contributed by atoms with Crippen LogP contribution in [-0.2, 0) is 7.05 Å². The monoisotopic (exact) mass is 379 g/mol. The van der Waals surface area contributed by atoms with Crippen molar-refractivity contribution in [2.75, 3.05) is 0 Å². The molecule has 0 unspecified atom stereocenters. The molecule has 1 nitrogen and oxygen atoms in total. The fourth-order valence-corrected chi connectivity index (χ4v) is 4.90. The van der Waals surface area contributed by atoms with Gasteiger partial charge >= 0.3 is 7.54 Å². The van der Waals surface area contributed by atoms with Crippen LogP contribution in [0.2, 0.25) is 0 Å². The van der Waals surface area contributed by atoms with Crippen LogP contribution in [0, 0.1) is 6.92 Å². The molecule has 1 heterocycles. The second-order valence-electron chi connectivity index (χ2n) is 5.43. The van der Waals surface area contributed by atoms with E-state index >= 15 is 0 Å². The summed E-state index contributed by atoms with van der Waals surface area (Å²) in [5.41, 5.74) is 2.66. The van der Waals surface area contributed by atoms with E-state index in [2.05, 4.69) is 97.5 Å². The van der Waals surface area contributed by atoms with Gasteiger partial charge in [0.15, 0.2) is 6.20 Å². The van der Waals surface area contributed by atoms with Crippen molar-refractivity contribution < 1.29 is 22.2 Å². The summed E-state index contributed by atoms with van der Waals surface area (Å²) in [6, 6.07) is 26.1. The number of hydrogen-bond donors (Lipinski definition) is 0. The van der Waals surface area contributed by atoms with Crippen LogP contribution in [0.15, 0.2) is 79.0 Å². The van der Waals surface area contributed by atoms with E-state index in [9.17, 15) is 12.9 Å². The molecule has 3 rings (SSSR count). The van der Waals surface area contributed by atoms with Crippen molar-refractivity contribution in [1.29, 1.82) is 0 Å². The first-order chi connectivity index (χ1) is 12.0. The predicted molar refractivity (Wildman–Crippen MR) is 100 cm³/mol. The van der Waals surface area contributed by atoms with E-state index in [4.69, 9.17) is 0 Å². The van der Waals surface area contributed by atoms with Crippen molar-refractivity contribution >= 4 is 31.5 Å². The molecule has 136 valence electrons. The first-order valence-electron chi connectivity index (χ1n) is 7.78. The van der Waals surface area contributed by atoms with Crippen LogP contribution in [-0.4, -0.2) is 7.54 Å². The number of aryl methyl sites for hydroxylation is 2. The predicted octanol–water partition coefficient (Wildman–Crippen LogP) is 0.462. The first kappa shape index (κ1) is 21.8. The summed E-state index contributed by atoms with van der Waals surface area (Å²) >= 11 is 0. The molecular formula is C19H19BF4NP. The lowest BCUT2D eigenvalue weighted by atomic mass is 10.3. The van der Waals surface area contributed by atoms with Crippen molar-refractivity contribution in [1.82, 2.24) is 0 Å². The Balaban J connectivity index is 0.000000616. The molecule has 0 fully saturated rings. The minimum atomic E-state index is -3.67. The highest BCUT2D eigenvalue weighted by atomic mass is 31.1. The smallest absolute Gasteiger partial charge is 0.762 e. The Morgan fingerprint density at radius 2 is 1.19 bits per heavy atom. The molecule has 0 aliphatic carbocycles. The van der Waals surface area contributed by atoms with Crippen molar-refractivity contribution in [3.63, 3.8) is 0 Å². The van der Waals surface area contributed by atoms with Crippen LogP contribution in [0.1, 0.15) is 5.56 Å². The zero-order valence-corrected chi connectivity index (χ0v) is 15.4. The molecule has 0 amide bonds. The molecule has 0 N–H and O–H groups in total. The molecular weight excluding hydrogens is 360 g/mol. The molecule has 0 aliphatic rings. The Bertz CT molecular complexity index is 746. The molecule has 0 bridgehead atoms. The van der Waals surface area contributed by atoms with E-state index in [-0.39, 0.29) is 4.70 Å². The average Bonchev–Trinajstić information content (AvgIpc) is 2.59. The lowest BCUT2D eigenvalue weighted by Crippen LogP contribution is -3.00. The van der Waals surface area contributed by atoms with Gasteiger partial charge in [-0.25, -0.2) is 4.57 Å². The molecule has 3 aromatic rings. The highest BCUT2D eigenvalue weighted by molar-refractivity contribution is 7.79. The second kappa shape index (κ2) is 10.7. The van der Waals surface area contributed by atoms with Crippen molar-refractivity contribution in [3.05, 3.63) is 84.6 Å². The average molecular weight is 379 g/mol. The fraction of sp³-hybridized carbons (Fsp3) is 0.105. The molecule has 0 saturated carbocycles. The summed E-state index contributed by atoms with van der Waals surface area (Å²) in [4.78, 5) is 0. The first-order valence-corrected chi connectivity index (χ1v) is 9.12. The summed E-state index contributed by atoms with van der Waals surface area (Å²) < 4.78 is 31.3. The third-order valence-corrected chi connectivity index (χ3v) is 6.06.